The third-order valence-electron chi connectivity index (χ3n) is 3.23. The first-order chi connectivity index (χ1) is 9.76. The number of rotatable bonds is 8. The van der Waals surface area contributed by atoms with E-state index in [4.69, 9.17) is 9.47 Å². The van der Waals surface area contributed by atoms with E-state index >= 15 is 0 Å². The van der Waals surface area contributed by atoms with Gasteiger partial charge in [0.1, 0.15) is 0 Å². The Labute approximate surface area is 124 Å². The summed E-state index contributed by atoms with van der Waals surface area (Å²) in [6.07, 6.45) is 0.116. The lowest BCUT2D eigenvalue weighted by atomic mass is 10.1. The predicted octanol–water partition coefficient (Wildman–Crippen LogP) is 3.56. The molecule has 0 aliphatic rings. The van der Waals surface area contributed by atoms with Gasteiger partial charge in [-0.2, -0.15) is 0 Å². The van der Waals surface area contributed by atoms with Gasteiger partial charge in [0.15, 0.2) is 0 Å². The molecule has 0 fully saturated rings. The summed E-state index contributed by atoms with van der Waals surface area (Å²) < 4.78 is 12.4. The van der Waals surface area contributed by atoms with Crippen molar-refractivity contribution in [3.05, 3.63) is 34.7 Å². The Morgan fingerprint density at radius 1 is 1.30 bits per heavy atom. The highest BCUT2D eigenvalue weighted by Gasteiger charge is 2.13. The first-order valence-corrected chi connectivity index (χ1v) is 7.88. The maximum atomic E-state index is 5.91. The minimum atomic E-state index is 0.116. The fourth-order valence-electron chi connectivity index (χ4n) is 2.20. The monoisotopic (exact) mass is 293 g/mol. The van der Waals surface area contributed by atoms with Crippen LogP contribution in [0.25, 0.3) is 10.1 Å². The summed E-state index contributed by atoms with van der Waals surface area (Å²) in [6.45, 7) is 7.34. The molecule has 20 heavy (non-hydrogen) atoms. The van der Waals surface area contributed by atoms with Crippen LogP contribution in [0.4, 0.5) is 0 Å². The van der Waals surface area contributed by atoms with Crippen molar-refractivity contribution in [3.8, 4) is 0 Å². The van der Waals surface area contributed by atoms with Gasteiger partial charge in [-0.15, -0.1) is 11.3 Å². The molecule has 0 aliphatic carbocycles. The lowest BCUT2D eigenvalue weighted by Crippen LogP contribution is -2.16. The van der Waals surface area contributed by atoms with Gasteiger partial charge in [0.2, 0.25) is 0 Å². The van der Waals surface area contributed by atoms with Crippen molar-refractivity contribution >= 4 is 21.4 Å². The van der Waals surface area contributed by atoms with Crippen LogP contribution in [0.3, 0.4) is 0 Å². The minimum absolute atomic E-state index is 0.116. The van der Waals surface area contributed by atoms with E-state index in [-0.39, 0.29) is 6.10 Å². The van der Waals surface area contributed by atoms with Crippen LogP contribution in [0.15, 0.2) is 24.3 Å². The average Bonchev–Trinajstić information content (AvgIpc) is 2.81. The Morgan fingerprint density at radius 3 is 2.85 bits per heavy atom. The van der Waals surface area contributed by atoms with Crippen molar-refractivity contribution in [1.29, 1.82) is 0 Å². The second-order valence-electron chi connectivity index (χ2n) is 4.86. The summed E-state index contributed by atoms with van der Waals surface area (Å²) >= 11 is 1.86. The quantitative estimate of drug-likeness (QED) is 0.807. The molecule has 3 nitrogen and oxygen atoms in total. The van der Waals surface area contributed by atoms with Crippen LogP contribution in [-0.2, 0) is 22.6 Å². The second-order valence-corrected chi connectivity index (χ2v) is 5.99. The van der Waals surface area contributed by atoms with E-state index in [0.29, 0.717) is 13.2 Å². The molecule has 1 aromatic carbocycles. The van der Waals surface area contributed by atoms with Crippen LogP contribution in [0.5, 0.6) is 0 Å². The van der Waals surface area contributed by atoms with E-state index in [1.165, 1.54) is 20.5 Å². The van der Waals surface area contributed by atoms with Crippen LogP contribution >= 0.6 is 11.3 Å². The van der Waals surface area contributed by atoms with Gasteiger partial charge in [-0.05, 0) is 24.9 Å². The molecule has 0 bridgehead atoms. The fourth-order valence-corrected chi connectivity index (χ4v) is 3.38. The van der Waals surface area contributed by atoms with Crippen molar-refractivity contribution in [2.24, 2.45) is 0 Å². The van der Waals surface area contributed by atoms with E-state index in [0.717, 1.165) is 13.1 Å². The first-order valence-electron chi connectivity index (χ1n) is 7.06. The molecule has 1 aromatic heterocycles. The van der Waals surface area contributed by atoms with Crippen LogP contribution in [-0.4, -0.2) is 26.4 Å². The zero-order valence-corrected chi connectivity index (χ0v) is 13.3. The second kappa shape index (κ2) is 7.74. The van der Waals surface area contributed by atoms with Gasteiger partial charge in [0.25, 0.3) is 0 Å². The number of hydrogen-bond acceptors (Lipinski definition) is 4. The van der Waals surface area contributed by atoms with Crippen molar-refractivity contribution in [1.82, 2.24) is 5.32 Å². The van der Waals surface area contributed by atoms with Crippen LogP contribution in [0.2, 0.25) is 0 Å². The number of nitrogens with one attached hydrogen (secondary N) is 1. The number of ether oxygens (including phenoxy) is 2. The van der Waals surface area contributed by atoms with E-state index < -0.39 is 0 Å². The number of thiophene rings is 1. The molecule has 0 radical (unpaired) electrons. The summed E-state index contributed by atoms with van der Waals surface area (Å²) in [4.78, 5) is 1.37. The molecule has 1 heterocycles. The molecule has 110 valence electrons. The Balaban J connectivity index is 2.19. The lowest BCUT2D eigenvalue weighted by Gasteiger charge is -2.13. The fraction of sp³-hybridized carbons (Fsp3) is 0.500. The first kappa shape index (κ1) is 15.4. The molecule has 0 aliphatic heterocycles. The minimum Gasteiger partial charge on any atom is -0.382 e. The molecule has 4 heteroatoms. The molecule has 0 amide bonds. The normalized spacial score (nSPS) is 12.9. The molecule has 1 N–H and O–H groups in total. The topological polar surface area (TPSA) is 30.5 Å². The summed E-state index contributed by atoms with van der Waals surface area (Å²) in [5.41, 5.74) is 1.31. The average molecular weight is 293 g/mol. The SMILES string of the molecule is CCNCc1sc2ccccc2c1COC(C)COC. The van der Waals surface area contributed by atoms with Crippen molar-refractivity contribution < 1.29 is 9.47 Å². The number of fused-ring (bicyclic) bond motifs is 1. The molecule has 1 atom stereocenters. The highest BCUT2D eigenvalue weighted by Crippen LogP contribution is 2.32. The molecule has 0 saturated carbocycles. The number of methoxy groups -OCH3 is 1. The number of hydrogen-bond donors (Lipinski definition) is 1. The van der Waals surface area contributed by atoms with E-state index in [9.17, 15) is 0 Å². The van der Waals surface area contributed by atoms with Crippen molar-refractivity contribution in [2.45, 2.75) is 33.1 Å². The highest BCUT2D eigenvalue weighted by atomic mass is 32.1. The van der Waals surface area contributed by atoms with Crippen LogP contribution < -0.4 is 5.32 Å². The zero-order valence-electron chi connectivity index (χ0n) is 12.4. The van der Waals surface area contributed by atoms with Crippen molar-refractivity contribution in [2.75, 3.05) is 20.3 Å². The van der Waals surface area contributed by atoms with Gasteiger partial charge in [0.05, 0.1) is 19.3 Å². The van der Waals surface area contributed by atoms with Gasteiger partial charge >= 0.3 is 0 Å². The van der Waals surface area contributed by atoms with Gasteiger partial charge in [-0.25, -0.2) is 0 Å². The van der Waals surface area contributed by atoms with Gasteiger partial charge in [-0.3, -0.25) is 0 Å². The summed E-state index contributed by atoms with van der Waals surface area (Å²) in [5, 5.41) is 4.72. The van der Waals surface area contributed by atoms with Gasteiger partial charge in [0, 0.05) is 28.8 Å². The molecule has 2 aromatic rings. The molecular formula is C16H23NO2S. The maximum absolute atomic E-state index is 5.91. The molecule has 2 rings (SSSR count). The predicted molar refractivity (Wildman–Crippen MR) is 85.3 cm³/mol. The smallest absolute Gasteiger partial charge is 0.0784 e. The van der Waals surface area contributed by atoms with Gasteiger partial charge in [-0.1, -0.05) is 25.1 Å². The Bertz CT molecular complexity index is 538. The summed E-state index contributed by atoms with van der Waals surface area (Å²) in [7, 11) is 1.70. The maximum Gasteiger partial charge on any atom is 0.0784 e. The third-order valence-corrected chi connectivity index (χ3v) is 4.44. The number of benzene rings is 1. The molecule has 1 unspecified atom stereocenters. The Morgan fingerprint density at radius 2 is 2.10 bits per heavy atom. The largest absolute Gasteiger partial charge is 0.382 e. The Hall–Kier alpha value is -0.940. The standard InChI is InChI=1S/C16H23NO2S/c1-4-17-9-16-14(11-19-12(2)10-18-3)13-7-5-6-8-15(13)20-16/h5-8,12,17H,4,9-11H2,1-3H3. The molecule has 0 spiro atoms. The Kier molecular flexibility index (Phi) is 5.98. The van der Waals surface area contributed by atoms with Gasteiger partial charge < -0.3 is 14.8 Å². The van der Waals surface area contributed by atoms with E-state index in [1.54, 1.807) is 7.11 Å². The lowest BCUT2D eigenvalue weighted by molar-refractivity contribution is 0.000163. The van der Waals surface area contributed by atoms with Crippen molar-refractivity contribution in [3.63, 3.8) is 0 Å². The highest BCUT2D eigenvalue weighted by molar-refractivity contribution is 7.19. The van der Waals surface area contributed by atoms with Crippen LogP contribution in [0.1, 0.15) is 24.3 Å². The third kappa shape index (κ3) is 3.79. The van der Waals surface area contributed by atoms with E-state index in [2.05, 4.69) is 36.5 Å². The molecule has 0 saturated heterocycles. The van der Waals surface area contributed by atoms with E-state index in [1.807, 2.05) is 18.3 Å². The summed E-state index contributed by atoms with van der Waals surface area (Å²) in [6, 6.07) is 8.54. The summed E-state index contributed by atoms with van der Waals surface area (Å²) in [5.74, 6) is 0. The zero-order chi connectivity index (χ0) is 14.4. The van der Waals surface area contributed by atoms with Crippen LogP contribution in [0, 0.1) is 0 Å². The molecular weight excluding hydrogens is 270 g/mol.